The van der Waals surface area contributed by atoms with Crippen LogP contribution in [0, 0.1) is 0 Å². The molecule has 1 saturated carbocycles. The minimum Gasteiger partial charge on any atom is -0.489 e. The van der Waals surface area contributed by atoms with E-state index in [1.807, 2.05) is 42.5 Å². The smallest absolute Gasteiger partial charge is 0.405 e. The molecule has 1 aliphatic carbocycles. The lowest BCUT2D eigenvalue weighted by atomic mass is 9.77. The Bertz CT molecular complexity index is 1150. The van der Waals surface area contributed by atoms with E-state index in [1.165, 1.54) is 0 Å². The second-order valence-corrected chi connectivity index (χ2v) is 9.37. The van der Waals surface area contributed by atoms with Gasteiger partial charge in [0.25, 0.3) is 0 Å². The number of ether oxygens (including phenoxy) is 2. The fourth-order valence-electron chi connectivity index (χ4n) is 4.64. The maximum atomic E-state index is 11.3. The molecule has 35 heavy (non-hydrogen) atoms. The Labute approximate surface area is 208 Å². The molecule has 8 nitrogen and oxygen atoms in total. The number of aliphatic hydroxyl groups is 2. The minimum atomic E-state index is -1.15. The molecular formula is C26H29ClN2O6. The van der Waals surface area contributed by atoms with Gasteiger partial charge in [-0.05, 0) is 61.3 Å². The number of fused-ring (bicyclic) bond motifs is 1. The SMILES string of the molecule is O=C(O)NC1(CC(O)CO)CCC(Oc2cc3ccnc(OCc4ccccc4)c3cc2Cl)CC1. The van der Waals surface area contributed by atoms with Gasteiger partial charge in [0.2, 0.25) is 5.88 Å². The molecule has 4 rings (SSSR count). The second kappa shape index (κ2) is 11.1. The molecule has 0 bridgehead atoms. The highest BCUT2D eigenvalue weighted by molar-refractivity contribution is 6.33. The number of aromatic nitrogens is 1. The molecule has 9 heteroatoms. The van der Waals surface area contributed by atoms with E-state index >= 15 is 0 Å². The fraction of sp³-hybridized carbons (Fsp3) is 0.385. The summed E-state index contributed by atoms with van der Waals surface area (Å²) >= 11 is 6.56. The van der Waals surface area contributed by atoms with Crippen LogP contribution in [0.3, 0.4) is 0 Å². The Hall–Kier alpha value is -3.07. The third-order valence-corrected chi connectivity index (χ3v) is 6.69. The van der Waals surface area contributed by atoms with Gasteiger partial charge >= 0.3 is 6.09 Å². The Morgan fingerprint density at radius 1 is 1.20 bits per heavy atom. The molecule has 0 spiro atoms. The number of nitrogens with one attached hydrogen (secondary N) is 1. The summed E-state index contributed by atoms with van der Waals surface area (Å²) in [5.41, 5.74) is 0.243. The van der Waals surface area contributed by atoms with Crippen molar-refractivity contribution in [2.75, 3.05) is 6.61 Å². The number of hydrogen-bond acceptors (Lipinski definition) is 6. The van der Waals surface area contributed by atoms with E-state index in [-0.39, 0.29) is 12.5 Å². The van der Waals surface area contributed by atoms with Gasteiger partial charge in [-0.2, -0.15) is 0 Å². The Morgan fingerprint density at radius 2 is 1.94 bits per heavy atom. The second-order valence-electron chi connectivity index (χ2n) is 8.96. The number of carboxylic acid groups (broad SMARTS) is 1. The number of rotatable bonds is 9. The molecular weight excluding hydrogens is 472 g/mol. The highest BCUT2D eigenvalue weighted by Gasteiger charge is 2.39. The summed E-state index contributed by atoms with van der Waals surface area (Å²) < 4.78 is 12.2. The Kier molecular flexibility index (Phi) is 7.95. The fourth-order valence-corrected chi connectivity index (χ4v) is 4.85. The van der Waals surface area contributed by atoms with Crippen LogP contribution in [-0.4, -0.2) is 50.8 Å². The Morgan fingerprint density at radius 3 is 2.63 bits per heavy atom. The standard InChI is InChI=1S/C26H29ClN2O6/c27-22-13-21-18(8-11-28-24(21)34-16-17-4-2-1-3-5-17)12-23(22)35-20-6-9-26(10-7-20,29-25(32)33)14-19(31)15-30/h1-5,8,11-13,19-20,29-31H,6-7,9-10,14-16H2,(H,32,33). The topological polar surface area (TPSA) is 121 Å². The molecule has 0 aliphatic heterocycles. The van der Waals surface area contributed by atoms with E-state index in [4.69, 9.17) is 21.1 Å². The average Bonchev–Trinajstić information content (AvgIpc) is 2.85. The predicted octanol–water partition coefficient (Wildman–Crippen LogP) is 4.54. The van der Waals surface area contributed by atoms with Gasteiger partial charge in [0.05, 0.1) is 23.8 Å². The number of amides is 1. The normalized spacial score (nSPS) is 20.8. The van der Waals surface area contributed by atoms with Crippen molar-refractivity contribution in [2.24, 2.45) is 0 Å². The third kappa shape index (κ3) is 6.33. The van der Waals surface area contributed by atoms with Crippen molar-refractivity contribution < 1.29 is 29.6 Å². The van der Waals surface area contributed by atoms with E-state index in [0.717, 1.165) is 16.3 Å². The van der Waals surface area contributed by atoms with Crippen molar-refractivity contribution in [1.82, 2.24) is 10.3 Å². The van der Waals surface area contributed by atoms with Crippen LogP contribution in [0.15, 0.2) is 54.7 Å². The summed E-state index contributed by atoms with van der Waals surface area (Å²) in [7, 11) is 0. The third-order valence-electron chi connectivity index (χ3n) is 6.39. The first-order valence-corrected chi connectivity index (χ1v) is 12.0. The van der Waals surface area contributed by atoms with Crippen molar-refractivity contribution in [1.29, 1.82) is 0 Å². The maximum Gasteiger partial charge on any atom is 0.405 e. The van der Waals surface area contributed by atoms with Gasteiger partial charge in [-0.1, -0.05) is 41.9 Å². The molecule has 1 aliphatic rings. The summed E-state index contributed by atoms with van der Waals surface area (Å²) in [6, 6.07) is 15.4. The van der Waals surface area contributed by atoms with E-state index in [2.05, 4.69) is 10.3 Å². The van der Waals surface area contributed by atoms with Crippen LogP contribution in [0.25, 0.3) is 10.8 Å². The van der Waals surface area contributed by atoms with Crippen LogP contribution < -0.4 is 14.8 Å². The first-order valence-electron chi connectivity index (χ1n) is 11.6. The largest absolute Gasteiger partial charge is 0.489 e. The first kappa shape index (κ1) is 25.0. The summed E-state index contributed by atoms with van der Waals surface area (Å²) in [5, 5.41) is 33.0. The number of aliphatic hydroxyl groups excluding tert-OH is 2. The van der Waals surface area contributed by atoms with Gasteiger partial charge in [-0.25, -0.2) is 9.78 Å². The average molecular weight is 501 g/mol. The van der Waals surface area contributed by atoms with E-state index in [1.54, 1.807) is 12.3 Å². The van der Waals surface area contributed by atoms with Crippen LogP contribution in [0.5, 0.6) is 11.6 Å². The van der Waals surface area contributed by atoms with Crippen LogP contribution in [0.4, 0.5) is 4.79 Å². The van der Waals surface area contributed by atoms with E-state index < -0.39 is 24.3 Å². The van der Waals surface area contributed by atoms with Crippen molar-refractivity contribution in [3.8, 4) is 11.6 Å². The highest BCUT2D eigenvalue weighted by atomic mass is 35.5. The molecule has 3 aromatic rings. The number of carbonyl (C=O) groups is 1. The number of benzene rings is 2. The Balaban J connectivity index is 1.45. The van der Waals surface area contributed by atoms with Crippen molar-refractivity contribution in [3.63, 3.8) is 0 Å². The number of pyridine rings is 1. The van der Waals surface area contributed by atoms with Gasteiger partial charge in [0, 0.05) is 17.1 Å². The molecule has 1 fully saturated rings. The number of halogens is 1. The molecule has 186 valence electrons. The van der Waals surface area contributed by atoms with Crippen LogP contribution in [-0.2, 0) is 6.61 Å². The van der Waals surface area contributed by atoms with Gasteiger partial charge < -0.3 is 30.1 Å². The zero-order valence-corrected chi connectivity index (χ0v) is 19.9. The summed E-state index contributed by atoms with van der Waals surface area (Å²) in [6.07, 6.45) is 1.66. The summed E-state index contributed by atoms with van der Waals surface area (Å²) in [6.45, 7) is -0.0242. The molecule has 1 unspecified atom stereocenters. The van der Waals surface area contributed by atoms with Crippen molar-refractivity contribution in [3.05, 3.63) is 65.3 Å². The lowest BCUT2D eigenvalue weighted by Crippen LogP contribution is -2.53. The molecule has 1 amide bonds. The molecule has 0 radical (unpaired) electrons. The zero-order chi connectivity index (χ0) is 24.8. The molecule has 2 aromatic carbocycles. The first-order chi connectivity index (χ1) is 16.9. The van der Waals surface area contributed by atoms with Crippen LogP contribution in [0.2, 0.25) is 5.02 Å². The molecule has 1 atom stereocenters. The predicted molar refractivity (Wildman–Crippen MR) is 132 cm³/mol. The molecule has 1 heterocycles. The van der Waals surface area contributed by atoms with Gasteiger partial charge in [0.1, 0.15) is 12.4 Å². The minimum absolute atomic E-state index is 0.151. The highest BCUT2D eigenvalue weighted by Crippen LogP contribution is 2.38. The van der Waals surface area contributed by atoms with E-state index in [9.17, 15) is 20.1 Å². The number of nitrogens with zero attached hydrogens (tertiary/aromatic N) is 1. The lowest BCUT2D eigenvalue weighted by molar-refractivity contribution is 0.0325. The van der Waals surface area contributed by atoms with Gasteiger partial charge in [0.15, 0.2) is 0 Å². The monoisotopic (exact) mass is 500 g/mol. The zero-order valence-electron chi connectivity index (χ0n) is 19.2. The van der Waals surface area contributed by atoms with E-state index in [0.29, 0.717) is 48.9 Å². The van der Waals surface area contributed by atoms with Crippen molar-refractivity contribution in [2.45, 2.75) is 56.5 Å². The number of hydrogen-bond donors (Lipinski definition) is 4. The van der Waals surface area contributed by atoms with Crippen LogP contribution in [0.1, 0.15) is 37.7 Å². The van der Waals surface area contributed by atoms with Crippen LogP contribution >= 0.6 is 11.6 Å². The van der Waals surface area contributed by atoms with Crippen molar-refractivity contribution >= 4 is 28.5 Å². The van der Waals surface area contributed by atoms with Gasteiger partial charge in [-0.3, -0.25) is 0 Å². The summed E-state index contributed by atoms with van der Waals surface area (Å²) in [4.78, 5) is 15.7. The molecule has 4 N–H and O–H groups in total. The molecule has 0 saturated heterocycles. The maximum absolute atomic E-state index is 11.3. The summed E-state index contributed by atoms with van der Waals surface area (Å²) in [5.74, 6) is 1.03. The van der Waals surface area contributed by atoms with Gasteiger partial charge in [-0.15, -0.1) is 0 Å². The lowest BCUT2D eigenvalue weighted by Gasteiger charge is -2.41. The quantitative estimate of drug-likeness (QED) is 0.340. The molecule has 1 aromatic heterocycles.